The van der Waals surface area contributed by atoms with E-state index in [9.17, 15) is 0 Å². The highest BCUT2D eigenvalue weighted by Gasteiger charge is 2.36. The Morgan fingerprint density at radius 2 is 0.705 bits per heavy atom. The molecule has 0 nitrogen and oxygen atoms in total. The summed E-state index contributed by atoms with van der Waals surface area (Å²) in [6, 6.07) is 49.9. The van der Waals surface area contributed by atoms with Crippen LogP contribution >= 0.6 is 0 Å². The molecule has 0 aromatic heterocycles. The molecule has 0 aliphatic heterocycles. The van der Waals surface area contributed by atoms with E-state index in [1.54, 1.807) is 0 Å². The Labute approximate surface area is 258 Å². The molecule has 8 aromatic carbocycles. The van der Waals surface area contributed by atoms with E-state index in [0.29, 0.717) is 0 Å². The van der Waals surface area contributed by atoms with Crippen LogP contribution in [0.25, 0.3) is 65.3 Å². The second-order valence-corrected chi connectivity index (χ2v) is 12.4. The molecule has 0 spiro atoms. The Morgan fingerprint density at radius 3 is 1.16 bits per heavy atom. The predicted molar refractivity (Wildman–Crippen MR) is 189 cm³/mol. The SMILES string of the molecule is Cc1cc(C)c(-c2c3ccccc3c([C]3c4c(ccc5ccccc45)-c4ccc5ccccc5c43)c3ccccc23)c(C)c1. The second-order valence-electron chi connectivity index (χ2n) is 12.4. The van der Waals surface area contributed by atoms with Crippen LogP contribution < -0.4 is 0 Å². The topological polar surface area (TPSA) is 0 Å². The number of hydrogen-bond acceptors (Lipinski definition) is 0. The Hall–Kier alpha value is -5.20. The van der Waals surface area contributed by atoms with Gasteiger partial charge in [0.2, 0.25) is 0 Å². The molecule has 0 heterocycles. The van der Waals surface area contributed by atoms with Crippen molar-refractivity contribution >= 4 is 43.1 Å². The standard InChI is InChI=1S/C44H31/c1-26-24-27(2)39(28(3)25-26)42-33-16-8-10-18-35(33)43(36-19-11-9-17-34(36)42)44-40-31-14-6-4-12-29(31)20-22-37(40)38-23-21-30-13-5-7-15-32(30)41(38)44/h4-25H,1-3H3. The molecule has 44 heavy (non-hydrogen) atoms. The predicted octanol–water partition coefficient (Wildman–Crippen LogP) is 11.9. The van der Waals surface area contributed by atoms with Gasteiger partial charge in [0.1, 0.15) is 0 Å². The Morgan fingerprint density at radius 1 is 0.318 bits per heavy atom. The molecule has 0 atom stereocenters. The molecule has 8 aromatic rings. The average molecular weight is 560 g/mol. The van der Waals surface area contributed by atoms with E-state index in [0.717, 1.165) is 0 Å². The summed E-state index contributed by atoms with van der Waals surface area (Å²) in [5, 5.41) is 10.4. The minimum atomic E-state index is 1.27. The number of fused-ring (bicyclic) bond motifs is 9. The monoisotopic (exact) mass is 559 g/mol. The molecule has 0 fully saturated rings. The van der Waals surface area contributed by atoms with Crippen LogP contribution in [0, 0.1) is 26.7 Å². The first-order valence-corrected chi connectivity index (χ1v) is 15.5. The zero-order chi connectivity index (χ0) is 29.5. The van der Waals surface area contributed by atoms with Crippen molar-refractivity contribution in [1.29, 1.82) is 0 Å². The first kappa shape index (κ1) is 25.3. The van der Waals surface area contributed by atoms with E-state index in [1.807, 2.05) is 0 Å². The van der Waals surface area contributed by atoms with Crippen molar-refractivity contribution in [2.75, 3.05) is 0 Å². The van der Waals surface area contributed by atoms with Gasteiger partial charge in [0.15, 0.2) is 0 Å². The van der Waals surface area contributed by atoms with Crippen molar-refractivity contribution < 1.29 is 0 Å². The van der Waals surface area contributed by atoms with Crippen LogP contribution in [0.15, 0.2) is 133 Å². The van der Waals surface area contributed by atoms with Crippen molar-refractivity contribution in [3.63, 3.8) is 0 Å². The summed E-state index contributed by atoms with van der Waals surface area (Å²) in [6.45, 7) is 6.73. The largest absolute Gasteiger partial charge is 0.0667 e. The zero-order valence-electron chi connectivity index (χ0n) is 25.2. The smallest absolute Gasteiger partial charge is 0.0616 e. The van der Waals surface area contributed by atoms with Gasteiger partial charge >= 0.3 is 0 Å². The quantitative estimate of drug-likeness (QED) is 0.185. The summed E-state index contributed by atoms with van der Waals surface area (Å²) >= 11 is 0. The minimum absolute atomic E-state index is 1.27. The van der Waals surface area contributed by atoms with Crippen molar-refractivity contribution in [2.45, 2.75) is 20.8 Å². The third-order valence-electron chi connectivity index (χ3n) is 9.76. The summed E-state index contributed by atoms with van der Waals surface area (Å²) in [4.78, 5) is 0. The van der Waals surface area contributed by atoms with Gasteiger partial charge in [-0.15, -0.1) is 0 Å². The lowest BCUT2D eigenvalue weighted by molar-refractivity contribution is 1.32. The van der Waals surface area contributed by atoms with Gasteiger partial charge in [-0.2, -0.15) is 0 Å². The molecule has 0 heteroatoms. The van der Waals surface area contributed by atoms with Gasteiger partial charge in [-0.05, 0) is 114 Å². The molecule has 1 radical (unpaired) electrons. The normalized spacial score (nSPS) is 12.8. The van der Waals surface area contributed by atoms with Gasteiger partial charge in [0, 0.05) is 0 Å². The Kier molecular flexibility index (Phi) is 5.41. The molecule has 0 saturated heterocycles. The zero-order valence-corrected chi connectivity index (χ0v) is 25.2. The Bertz CT molecular complexity index is 2310. The van der Waals surface area contributed by atoms with E-state index in [2.05, 4.69) is 154 Å². The molecule has 0 unspecified atom stereocenters. The number of rotatable bonds is 2. The fourth-order valence-corrected chi connectivity index (χ4v) is 8.15. The third kappa shape index (κ3) is 3.46. The lowest BCUT2D eigenvalue weighted by Crippen LogP contribution is -2.05. The average Bonchev–Trinajstić information content (AvgIpc) is 3.39. The maximum absolute atomic E-state index is 2.35. The molecule has 9 rings (SSSR count). The van der Waals surface area contributed by atoms with Crippen LogP contribution in [0.1, 0.15) is 33.4 Å². The third-order valence-corrected chi connectivity index (χ3v) is 9.76. The van der Waals surface area contributed by atoms with Gasteiger partial charge < -0.3 is 0 Å². The van der Waals surface area contributed by atoms with E-state index in [1.165, 1.54) is 105 Å². The maximum Gasteiger partial charge on any atom is 0.0667 e. The molecule has 1 aliphatic carbocycles. The fourth-order valence-electron chi connectivity index (χ4n) is 8.15. The summed E-state index contributed by atoms with van der Waals surface area (Å²) in [6.07, 6.45) is 0. The van der Waals surface area contributed by atoms with Crippen LogP contribution in [0.5, 0.6) is 0 Å². The highest BCUT2D eigenvalue weighted by Crippen LogP contribution is 2.56. The maximum atomic E-state index is 2.35. The van der Waals surface area contributed by atoms with Gasteiger partial charge in [0.05, 0.1) is 5.92 Å². The minimum Gasteiger partial charge on any atom is -0.0616 e. The van der Waals surface area contributed by atoms with E-state index >= 15 is 0 Å². The van der Waals surface area contributed by atoms with Gasteiger partial charge in [-0.25, -0.2) is 0 Å². The van der Waals surface area contributed by atoms with Gasteiger partial charge in [0.25, 0.3) is 0 Å². The highest BCUT2D eigenvalue weighted by molar-refractivity contribution is 6.19. The van der Waals surface area contributed by atoms with Crippen LogP contribution in [-0.4, -0.2) is 0 Å². The number of aryl methyl sites for hydroxylation is 3. The van der Waals surface area contributed by atoms with Gasteiger partial charge in [-0.1, -0.05) is 139 Å². The fraction of sp³-hybridized carbons (Fsp3) is 0.0682. The molecule has 0 bridgehead atoms. The van der Waals surface area contributed by atoms with E-state index in [4.69, 9.17) is 0 Å². The van der Waals surface area contributed by atoms with E-state index < -0.39 is 0 Å². The molecular weight excluding hydrogens is 528 g/mol. The second kappa shape index (κ2) is 9.40. The van der Waals surface area contributed by atoms with Crippen LogP contribution in [0.4, 0.5) is 0 Å². The molecule has 0 N–H and O–H groups in total. The number of hydrogen-bond donors (Lipinski definition) is 0. The summed E-state index contributed by atoms with van der Waals surface area (Å²) in [5.74, 6) is 1.35. The first-order chi connectivity index (χ1) is 21.6. The van der Waals surface area contributed by atoms with Crippen LogP contribution in [0.3, 0.4) is 0 Å². The van der Waals surface area contributed by atoms with Crippen LogP contribution in [0.2, 0.25) is 0 Å². The lowest BCUT2D eigenvalue weighted by atomic mass is 9.77. The lowest BCUT2D eigenvalue weighted by Gasteiger charge is -2.25. The molecule has 1 aliphatic rings. The van der Waals surface area contributed by atoms with Crippen molar-refractivity contribution in [2.24, 2.45) is 0 Å². The molecular formula is C44H31. The van der Waals surface area contributed by atoms with E-state index in [-0.39, 0.29) is 0 Å². The summed E-state index contributed by atoms with van der Waals surface area (Å²) < 4.78 is 0. The van der Waals surface area contributed by atoms with Gasteiger partial charge in [-0.3, -0.25) is 0 Å². The summed E-state index contributed by atoms with van der Waals surface area (Å²) in [7, 11) is 0. The van der Waals surface area contributed by atoms with Crippen molar-refractivity contribution in [3.05, 3.63) is 173 Å². The Balaban J connectivity index is 1.50. The summed E-state index contributed by atoms with van der Waals surface area (Å²) in [5.41, 5.74) is 13.3. The number of benzene rings is 8. The molecule has 207 valence electrons. The first-order valence-electron chi connectivity index (χ1n) is 15.5. The van der Waals surface area contributed by atoms with Crippen LogP contribution in [-0.2, 0) is 0 Å². The van der Waals surface area contributed by atoms with Crippen molar-refractivity contribution in [1.82, 2.24) is 0 Å². The van der Waals surface area contributed by atoms with Crippen molar-refractivity contribution in [3.8, 4) is 22.3 Å². The molecule has 0 amide bonds. The highest BCUT2D eigenvalue weighted by atomic mass is 14.4. The molecule has 0 saturated carbocycles.